The molecule has 0 radical (unpaired) electrons. The van der Waals surface area contributed by atoms with Crippen molar-refractivity contribution in [2.24, 2.45) is 0 Å². The van der Waals surface area contributed by atoms with E-state index in [0.29, 0.717) is 35.2 Å². The Morgan fingerprint density at radius 3 is 2.42 bits per heavy atom. The van der Waals surface area contributed by atoms with Gasteiger partial charge in [-0.3, -0.25) is 9.59 Å². The van der Waals surface area contributed by atoms with Crippen LogP contribution < -0.4 is 14.8 Å². The van der Waals surface area contributed by atoms with Gasteiger partial charge in [-0.2, -0.15) is 0 Å². The smallest absolute Gasteiger partial charge is 0.259 e. The molecule has 0 aliphatic carbocycles. The minimum absolute atomic E-state index is 0.128. The van der Waals surface area contributed by atoms with Crippen LogP contribution in [0.2, 0.25) is 5.02 Å². The molecule has 0 atom stereocenters. The third-order valence-corrected chi connectivity index (χ3v) is 3.70. The Morgan fingerprint density at radius 2 is 1.73 bits per heavy atom. The number of ether oxygens (including phenoxy) is 2. The molecule has 0 saturated carbocycles. The zero-order valence-electron chi connectivity index (χ0n) is 14.7. The van der Waals surface area contributed by atoms with Crippen LogP contribution in [0.3, 0.4) is 0 Å². The van der Waals surface area contributed by atoms with Crippen LogP contribution >= 0.6 is 11.6 Å². The quantitative estimate of drug-likeness (QED) is 0.719. The highest BCUT2D eigenvalue weighted by molar-refractivity contribution is 6.30. The van der Waals surface area contributed by atoms with E-state index in [4.69, 9.17) is 21.1 Å². The zero-order valence-corrected chi connectivity index (χ0v) is 15.5. The molecule has 0 aliphatic heterocycles. The fourth-order valence-corrected chi connectivity index (χ4v) is 2.13. The van der Waals surface area contributed by atoms with Gasteiger partial charge in [0.25, 0.3) is 11.8 Å². The van der Waals surface area contributed by atoms with Crippen molar-refractivity contribution >= 4 is 23.4 Å². The summed E-state index contributed by atoms with van der Waals surface area (Å²) in [6.45, 7) is 0.513. The van der Waals surface area contributed by atoms with Crippen molar-refractivity contribution in [3.8, 4) is 11.5 Å². The third kappa shape index (κ3) is 5.97. The number of hydrogen-bond acceptors (Lipinski definition) is 4. The lowest BCUT2D eigenvalue weighted by Gasteiger charge is -2.14. The standard InChI is InChI=1S/C19H21ClN2O4/c1-22(2)18(23)13-26-17-6-4-3-5-16(17)19(24)21-11-12-25-15-9-7-14(20)8-10-15/h3-10H,11-13H2,1-2H3,(H,21,24). The van der Waals surface area contributed by atoms with Crippen molar-refractivity contribution in [1.82, 2.24) is 10.2 Å². The first-order valence-corrected chi connectivity index (χ1v) is 8.43. The largest absolute Gasteiger partial charge is 0.492 e. The fraction of sp³-hybridized carbons (Fsp3) is 0.263. The Bertz CT molecular complexity index is 747. The number of benzene rings is 2. The second-order valence-electron chi connectivity index (χ2n) is 5.63. The molecule has 2 aromatic carbocycles. The van der Waals surface area contributed by atoms with E-state index in [0.717, 1.165) is 0 Å². The molecule has 2 amide bonds. The molecule has 6 nitrogen and oxygen atoms in total. The van der Waals surface area contributed by atoms with E-state index >= 15 is 0 Å². The minimum atomic E-state index is -0.294. The van der Waals surface area contributed by atoms with Gasteiger partial charge in [0.1, 0.15) is 18.1 Å². The molecule has 7 heteroatoms. The summed E-state index contributed by atoms with van der Waals surface area (Å²) in [7, 11) is 3.29. The van der Waals surface area contributed by atoms with Crippen LogP contribution in [-0.4, -0.2) is 50.6 Å². The van der Waals surface area contributed by atoms with Crippen LogP contribution in [0, 0.1) is 0 Å². The zero-order chi connectivity index (χ0) is 18.9. The van der Waals surface area contributed by atoms with E-state index in [1.165, 1.54) is 4.90 Å². The SMILES string of the molecule is CN(C)C(=O)COc1ccccc1C(=O)NCCOc1ccc(Cl)cc1. The molecule has 0 saturated heterocycles. The van der Waals surface area contributed by atoms with Gasteiger partial charge in [-0.15, -0.1) is 0 Å². The molecule has 0 heterocycles. The molecule has 0 aliphatic rings. The number of hydrogen-bond donors (Lipinski definition) is 1. The first-order chi connectivity index (χ1) is 12.5. The number of carbonyl (C=O) groups is 2. The number of amides is 2. The molecule has 2 rings (SSSR count). The minimum Gasteiger partial charge on any atom is -0.492 e. The summed E-state index contributed by atoms with van der Waals surface area (Å²) in [5.74, 6) is 0.558. The monoisotopic (exact) mass is 376 g/mol. The maximum Gasteiger partial charge on any atom is 0.259 e. The van der Waals surface area contributed by atoms with Crippen molar-refractivity contribution < 1.29 is 19.1 Å². The van der Waals surface area contributed by atoms with Gasteiger partial charge in [0.05, 0.1) is 12.1 Å². The summed E-state index contributed by atoms with van der Waals surface area (Å²) < 4.78 is 11.0. The van der Waals surface area contributed by atoms with Crippen LogP contribution in [0.5, 0.6) is 11.5 Å². The highest BCUT2D eigenvalue weighted by Gasteiger charge is 2.13. The number of nitrogens with zero attached hydrogens (tertiary/aromatic N) is 1. The van der Waals surface area contributed by atoms with Crippen LogP contribution in [0.15, 0.2) is 48.5 Å². The number of carbonyl (C=O) groups excluding carboxylic acids is 2. The Morgan fingerprint density at radius 1 is 1.04 bits per heavy atom. The molecular formula is C19H21ClN2O4. The van der Waals surface area contributed by atoms with Gasteiger partial charge in [0, 0.05) is 19.1 Å². The van der Waals surface area contributed by atoms with Gasteiger partial charge in [-0.25, -0.2) is 0 Å². The number of nitrogens with one attached hydrogen (secondary N) is 1. The fourth-order valence-electron chi connectivity index (χ4n) is 2.01. The summed E-state index contributed by atoms with van der Waals surface area (Å²) in [5.41, 5.74) is 0.366. The Kier molecular flexibility index (Phi) is 7.29. The lowest BCUT2D eigenvalue weighted by Crippen LogP contribution is -2.30. The molecule has 2 aromatic rings. The van der Waals surface area contributed by atoms with Crippen molar-refractivity contribution in [3.05, 3.63) is 59.1 Å². The Labute approximate surface area is 157 Å². The second kappa shape index (κ2) is 9.68. The van der Waals surface area contributed by atoms with Crippen LogP contribution in [0.25, 0.3) is 0 Å². The van der Waals surface area contributed by atoms with Gasteiger partial charge in [-0.05, 0) is 36.4 Å². The van der Waals surface area contributed by atoms with E-state index in [2.05, 4.69) is 5.32 Å². The predicted molar refractivity (Wildman–Crippen MR) is 99.9 cm³/mol. The normalized spacial score (nSPS) is 10.1. The third-order valence-electron chi connectivity index (χ3n) is 3.45. The summed E-state index contributed by atoms with van der Waals surface area (Å²) >= 11 is 5.81. The summed E-state index contributed by atoms with van der Waals surface area (Å²) in [6.07, 6.45) is 0. The van der Waals surface area contributed by atoms with Crippen molar-refractivity contribution in [1.29, 1.82) is 0 Å². The average molecular weight is 377 g/mol. The summed E-state index contributed by atoms with van der Waals surface area (Å²) in [6, 6.07) is 13.8. The predicted octanol–water partition coefficient (Wildman–Crippen LogP) is 2.62. The average Bonchev–Trinajstić information content (AvgIpc) is 2.64. The number of halogens is 1. The second-order valence-corrected chi connectivity index (χ2v) is 6.07. The maximum absolute atomic E-state index is 12.3. The maximum atomic E-state index is 12.3. The Hall–Kier alpha value is -2.73. The number of likely N-dealkylation sites (N-methyl/N-ethyl adjacent to an activating group) is 1. The Balaban J connectivity index is 1.84. The molecule has 26 heavy (non-hydrogen) atoms. The first-order valence-electron chi connectivity index (χ1n) is 8.06. The van der Waals surface area contributed by atoms with Crippen molar-refractivity contribution in [3.63, 3.8) is 0 Å². The van der Waals surface area contributed by atoms with Crippen LogP contribution in [0.1, 0.15) is 10.4 Å². The lowest BCUT2D eigenvalue weighted by atomic mass is 10.2. The van der Waals surface area contributed by atoms with Gasteiger partial charge >= 0.3 is 0 Å². The molecule has 0 fully saturated rings. The number of para-hydroxylation sites is 1. The van der Waals surface area contributed by atoms with E-state index in [-0.39, 0.29) is 18.4 Å². The van der Waals surface area contributed by atoms with E-state index in [1.807, 2.05) is 0 Å². The lowest BCUT2D eigenvalue weighted by molar-refractivity contribution is -0.130. The molecule has 1 N–H and O–H groups in total. The molecule has 0 bridgehead atoms. The first kappa shape index (κ1) is 19.6. The molecule has 138 valence electrons. The molecular weight excluding hydrogens is 356 g/mol. The van der Waals surface area contributed by atoms with E-state index in [9.17, 15) is 9.59 Å². The topological polar surface area (TPSA) is 67.9 Å². The van der Waals surface area contributed by atoms with Crippen molar-refractivity contribution in [2.45, 2.75) is 0 Å². The molecule has 0 unspecified atom stereocenters. The van der Waals surface area contributed by atoms with Crippen molar-refractivity contribution in [2.75, 3.05) is 33.9 Å². The molecule has 0 aromatic heterocycles. The van der Waals surface area contributed by atoms with Gasteiger partial charge < -0.3 is 19.7 Å². The van der Waals surface area contributed by atoms with Crippen LogP contribution in [-0.2, 0) is 4.79 Å². The van der Waals surface area contributed by atoms with Crippen LogP contribution in [0.4, 0.5) is 0 Å². The summed E-state index contributed by atoms with van der Waals surface area (Å²) in [4.78, 5) is 25.4. The van der Waals surface area contributed by atoms with Gasteiger partial charge in [-0.1, -0.05) is 23.7 Å². The van der Waals surface area contributed by atoms with E-state index in [1.54, 1.807) is 62.6 Å². The van der Waals surface area contributed by atoms with Gasteiger partial charge in [0.15, 0.2) is 6.61 Å². The van der Waals surface area contributed by atoms with Gasteiger partial charge in [0.2, 0.25) is 0 Å². The number of rotatable bonds is 8. The molecule has 0 spiro atoms. The summed E-state index contributed by atoms with van der Waals surface area (Å²) in [5, 5.41) is 3.40. The highest BCUT2D eigenvalue weighted by Crippen LogP contribution is 2.18. The van der Waals surface area contributed by atoms with E-state index < -0.39 is 0 Å². The highest BCUT2D eigenvalue weighted by atomic mass is 35.5.